The van der Waals surface area contributed by atoms with Crippen molar-refractivity contribution < 1.29 is 17.9 Å². The van der Waals surface area contributed by atoms with Crippen molar-refractivity contribution in [3.63, 3.8) is 0 Å². The molecule has 1 fully saturated rings. The number of methoxy groups -OCH3 is 1. The first-order valence-corrected chi connectivity index (χ1v) is 10.9. The first-order valence-electron chi connectivity index (χ1n) is 8.81. The third-order valence-electron chi connectivity index (χ3n) is 4.59. The van der Waals surface area contributed by atoms with Crippen LogP contribution in [0.1, 0.15) is 15.9 Å². The monoisotopic (exact) mass is 388 g/mol. The van der Waals surface area contributed by atoms with Crippen LogP contribution in [-0.4, -0.2) is 58.8 Å². The maximum absolute atomic E-state index is 12.8. The fraction of sp³-hybridized carbons (Fsp3) is 0.350. The van der Waals surface area contributed by atoms with E-state index in [4.69, 9.17) is 4.74 Å². The van der Waals surface area contributed by atoms with Gasteiger partial charge in [0.05, 0.1) is 12.9 Å². The summed E-state index contributed by atoms with van der Waals surface area (Å²) in [7, 11) is -1.48. The van der Waals surface area contributed by atoms with Crippen molar-refractivity contribution >= 4 is 21.4 Å². The van der Waals surface area contributed by atoms with E-state index in [1.807, 2.05) is 29.2 Å². The number of carbonyl (C=O) groups is 1. The molecule has 1 saturated heterocycles. The number of sulfone groups is 1. The molecule has 2 aromatic rings. The summed E-state index contributed by atoms with van der Waals surface area (Å²) in [5.74, 6) is 0.696. The van der Waals surface area contributed by atoms with Gasteiger partial charge in [0, 0.05) is 49.8 Å². The Kier molecular flexibility index (Phi) is 5.70. The van der Waals surface area contributed by atoms with Gasteiger partial charge in [0.1, 0.15) is 5.75 Å². The second-order valence-corrected chi connectivity index (χ2v) is 8.89. The van der Waals surface area contributed by atoms with Gasteiger partial charge in [-0.3, -0.25) is 4.79 Å². The fourth-order valence-corrected chi connectivity index (χ4v) is 4.04. The molecule has 2 aromatic carbocycles. The van der Waals surface area contributed by atoms with Crippen LogP contribution in [0.4, 0.5) is 5.69 Å². The minimum atomic E-state index is -3.13. The highest BCUT2D eigenvalue weighted by atomic mass is 32.2. The predicted octanol–water partition coefficient (Wildman–Crippen LogP) is 2.20. The van der Waals surface area contributed by atoms with E-state index in [-0.39, 0.29) is 11.7 Å². The van der Waals surface area contributed by atoms with Gasteiger partial charge in [-0.15, -0.1) is 0 Å². The van der Waals surface area contributed by atoms with E-state index < -0.39 is 9.84 Å². The third-order valence-corrected chi connectivity index (χ3v) is 5.45. The second kappa shape index (κ2) is 8.00. The number of rotatable bonds is 5. The highest BCUT2D eigenvalue weighted by Gasteiger charge is 2.23. The van der Waals surface area contributed by atoms with E-state index >= 15 is 0 Å². The zero-order chi connectivity index (χ0) is 19.4. The van der Waals surface area contributed by atoms with E-state index in [1.54, 1.807) is 31.4 Å². The van der Waals surface area contributed by atoms with Crippen molar-refractivity contribution in [3.8, 4) is 5.75 Å². The van der Waals surface area contributed by atoms with E-state index in [0.717, 1.165) is 24.5 Å². The molecule has 0 aliphatic carbocycles. The van der Waals surface area contributed by atoms with Gasteiger partial charge in [0.25, 0.3) is 5.91 Å². The van der Waals surface area contributed by atoms with E-state index in [2.05, 4.69) is 4.90 Å². The van der Waals surface area contributed by atoms with Gasteiger partial charge in [-0.1, -0.05) is 18.2 Å². The van der Waals surface area contributed by atoms with Gasteiger partial charge < -0.3 is 14.5 Å². The largest absolute Gasteiger partial charge is 0.497 e. The van der Waals surface area contributed by atoms with Crippen LogP contribution in [0.25, 0.3) is 0 Å². The van der Waals surface area contributed by atoms with Crippen molar-refractivity contribution in [3.05, 3.63) is 59.7 Å². The Morgan fingerprint density at radius 3 is 2.41 bits per heavy atom. The van der Waals surface area contributed by atoms with Crippen molar-refractivity contribution in [1.29, 1.82) is 0 Å². The Labute approximate surface area is 160 Å². The zero-order valence-electron chi connectivity index (χ0n) is 15.6. The number of carbonyl (C=O) groups excluding carboxylic acids is 1. The number of hydrogen-bond acceptors (Lipinski definition) is 5. The number of piperazine rings is 1. The molecule has 1 aliphatic rings. The van der Waals surface area contributed by atoms with Crippen molar-refractivity contribution in [2.24, 2.45) is 0 Å². The molecule has 0 spiro atoms. The summed E-state index contributed by atoms with van der Waals surface area (Å²) < 4.78 is 28.3. The van der Waals surface area contributed by atoms with E-state index in [1.165, 1.54) is 6.26 Å². The molecule has 0 radical (unpaired) electrons. The standard InChI is InChI=1S/C20H24N2O4S/c1-26-19-8-4-7-18(14-19)21-9-11-22(12-10-21)20(23)17-6-3-5-16(13-17)15-27(2,24)25/h3-8,13-14H,9-12,15H2,1-2H3. The maximum atomic E-state index is 12.8. The van der Waals surface area contributed by atoms with Crippen molar-refractivity contribution in [1.82, 2.24) is 4.90 Å². The summed E-state index contributed by atoms with van der Waals surface area (Å²) in [4.78, 5) is 16.8. The molecule has 0 bridgehead atoms. The Morgan fingerprint density at radius 2 is 1.74 bits per heavy atom. The number of amides is 1. The van der Waals surface area contributed by atoms with Gasteiger partial charge in [-0.05, 0) is 29.8 Å². The summed E-state index contributed by atoms with van der Waals surface area (Å²) >= 11 is 0. The van der Waals surface area contributed by atoms with Crippen LogP contribution < -0.4 is 9.64 Å². The molecule has 1 amide bonds. The van der Waals surface area contributed by atoms with Crippen LogP contribution >= 0.6 is 0 Å². The fourth-order valence-electron chi connectivity index (χ4n) is 3.25. The molecular weight excluding hydrogens is 364 g/mol. The first kappa shape index (κ1) is 19.2. The number of ether oxygens (including phenoxy) is 1. The van der Waals surface area contributed by atoms with Crippen molar-refractivity contribution in [2.75, 3.05) is 44.4 Å². The summed E-state index contributed by atoms with van der Waals surface area (Å²) in [6, 6.07) is 14.8. The normalized spacial score (nSPS) is 14.9. The predicted molar refractivity (Wildman–Crippen MR) is 106 cm³/mol. The van der Waals surface area contributed by atoms with Gasteiger partial charge >= 0.3 is 0 Å². The summed E-state index contributed by atoms with van der Waals surface area (Å²) in [6.45, 7) is 2.71. The van der Waals surface area contributed by atoms with Crippen LogP contribution in [-0.2, 0) is 15.6 Å². The molecule has 144 valence electrons. The molecule has 0 unspecified atom stereocenters. The van der Waals surface area contributed by atoms with Crippen LogP contribution in [0.3, 0.4) is 0 Å². The molecule has 1 aliphatic heterocycles. The third kappa shape index (κ3) is 5.01. The van der Waals surface area contributed by atoms with Crippen LogP contribution in [0.2, 0.25) is 0 Å². The topological polar surface area (TPSA) is 66.9 Å². The number of hydrogen-bond donors (Lipinski definition) is 0. The Morgan fingerprint density at radius 1 is 1.04 bits per heavy atom. The van der Waals surface area contributed by atoms with Gasteiger partial charge in [-0.25, -0.2) is 8.42 Å². The molecule has 3 rings (SSSR count). The lowest BCUT2D eigenvalue weighted by atomic mass is 10.1. The van der Waals surface area contributed by atoms with Gasteiger partial charge in [-0.2, -0.15) is 0 Å². The lowest BCUT2D eigenvalue weighted by molar-refractivity contribution is 0.0746. The first-order chi connectivity index (χ1) is 12.9. The summed E-state index contributed by atoms with van der Waals surface area (Å²) in [6.07, 6.45) is 1.19. The quantitative estimate of drug-likeness (QED) is 0.786. The van der Waals surface area contributed by atoms with Crippen LogP contribution in [0.15, 0.2) is 48.5 Å². The Bertz CT molecular complexity index is 919. The van der Waals surface area contributed by atoms with Gasteiger partial charge in [0.15, 0.2) is 9.84 Å². The average Bonchev–Trinajstić information content (AvgIpc) is 2.66. The molecule has 1 heterocycles. The van der Waals surface area contributed by atoms with Crippen LogP contribution in [0.5, 0.6) is 5.75 Å². The number of benzene rings is 2. The molecular formula is C20H24N2O4S. The average molecular weight is 388 g/mol. The smallest absolute Gasteiger partial charge is 0.253 e. The number of anilines is 1. The summed E-state index contributed by atoms with van der Waals surface area (Å²) in [5.41, 5.74) is 2.25. The Balaban J connectivity index is 1.65. The highest BCUT2D eigenvalue weighted by molar-refractivity contribution is 7.89. The lowest BCUT2D eigenvalue weighted by Gasteiger charge is -2.36. The van der Waals surface area contributed by atoms with Crippen LogP contribution in [0, 0.1) is 0 Å². The number of nitrogens with zero attached hydrogens (tertiary/aromatic N) is 2. The maximum Gasteiger partial charge on any atom is 0.253 e. The molecule has 0 aromatic heterocycles. The van der Waals surface area contributed by atoms with E-state index in [0.29, 0.717) is 24.2 Å². The van der Waals surface area contributed by atoms with Crippen molar-refractivity contribution in [2.45, 2.75) is 5.75 Å². The minimum Gasteiger partial charge on any atom is -0.497 e. The molecule has 0 saturated carbocycles. The molecule has 0 atom stereocenters. The highest BCUT2D eigenvalue weighted by Crippen LogP contribution is 2.22. The van der Waals surface area contributed by atoms with E-state index in [9.17, 15) is 13.2 Å². The molecule has 6 nitrogen and oxygen atoms in total. The van der Waals surface area contributed by atoms with Gasteiger partial charge in [0.2, 0.25) is 0 Å². The second-order valence-electron chi connectivity index (χ2n) is 6.75. The molecule has 27 heavy (non-hydrogen) atoms. The summed E-state index contributed by atoms with van der Waals surface area (Å²) in [5, 5.41) is 0. The zero-order valence-corrected chi connectivity index (χ0v) is 16.4. The molecule has 0 N–H and O–H groups in total. The molecule has 7 heteroatoms. The lowest BCUT2D eigenvalue weighted by Crippen LogP contribution is -2.48. The minimum absolute atomic E-state index is 0.0578. The Hall–Kier alpha value is -2.54. The SMILES string of the molecule is COc1cccc(N2CCN(C(=O)c3cccc(CS(C)(=O)=O)c3)CC2)c1.